The minimum atomic E-state index is -3.66. The summed E-state index contributed by atoms with van der Waals surface area (Å²) in [6, 6.07) is 8.31. The van der Waals surface area contributed by atoms with E-state index in [2.05, 4.69) is 9.71 Å². The minimum absolute atomic E-state index is 0.192. The van der Waals surface area contributed by atoms with Crippen LogP contribution >= 0.6 is 0 Å². The third kappa shape index (κ3) is 3.98. The lowest BCUT2D eigenvalue weighted by molar-refractivity contribution is 0.315. The Labute approximate surface area is 131 Å². The molecule has 118 valence electrons. The van der Waals surface area contributed by atoms with Crippen LogP contribution in [0.3, 0.4) is 0 Å². The topological polar surface area (TPSA) is 68.3 Å². The molecular formula is C16H20N2O3S. The van der Waals surface area contributed by atoms with Gasteiger partial charge in [-0.25, -0.2) is 13.4 Å². The molecule has 0 saturated heterocycles. The zero-order chi connectivity index (χ0) is 16.2. The summed E-state index contributed by atoms with van der Waals surface area (Å²) in [4.78, 5) is 4.21. The molecule has 0 aliphatic rings. The Morgan fingerprint density at radius 1 is 1.18 bits per heavy atom. The van der Waals surface area contributed by atoms with Gasteiger partial charge in [0.2, 0.25) is 0 Å². The van der Waals surface area contributed by atoms with E-state index in [1.807, 2.05) is 26.8 Å². The van der Waals surface area contributed by atoms with Gasteiger partial charge in [-0.2, -0.15) is 0 Å². The van der Waals surface area contributed by atoms with E-state index < -0.39 is 10.0 Å². The van der Waals surface area contributed by atoms with E-state index >= 15 is 0 Å². The highest BCUT2D eigenvalue weighted by Crippen LogP contribution is 2.23. The van der Waals surface area contributed by atoms with E-state index in [9.17, 15) is 8.42 Å². The molecule has 0 aliphatic carbocycles. The highest BCUT2D eigenvalue weighted by Gasteiger charge is 2.16. The van der Waals surface area contributed by atoms with Crippen molar-refractivity contribution in [1.29, 1.82) is 0 Å². The number of nitrogens with one attached hydrogen (secondary N) is 1. The molecule has 0 radical (unpaired) electrons. The van der Waals surface area contributed by atoms with Crippen LogP contribution in [0, 0.1) is 13.8 Å². The quantitative estimate of drug-likeness (QED) is 0.887. The molecule has 22 heavy (non-hydrogen) atoms. The molecule has 1 N–H and O–H groups in total. The van der Waals surface area contributed by atoms with Crippen molar-refractivity contribution < 1.29 is 13.2 Å². The van der Waals surface area contributed by atoms with Gasteiger partial charge in [0, 0.05) is 6.20 Å². The number of aryl methyl sites for hydroxylation is 2. The normalized spacial score (nSPS) is 11.2. The maximum atomic E-state index is 12.4. The monoisotopic (exact) mass is 320 g/mol. The molecule has 0 aliphatic heterocycles. The van der Waals surface area contributed by atoms with Crippen molar-refractivity contribution >= 4 is 15.8 Å². The number of benzene rings is 1. The van der Waals surface area contributed by atoms with Gasteiger partial charge >= 0.3 is 0 Å². The van der Waals surface area contributed by atoms with Crippen molar-refractivity contribution in [3.63, 3.8) is 0 Å². The van der Waals surface area contributed by atoms with Crippen LogP contribution in [-0.4, -0.2) is 20.0 Å². The summed E-state index contributed by atoms with van der Waals surface area (Å²) in [7, 11) is -3.66. The van der Waals surface area contributed by atoms with Crippen molar-refractivity contribution in [2.24, 2.45) is 0 Å². The summed E-state index contributed by atoms with van der Waals surface area (Å²) >= 11 is 0. The Bertz CT molecular complexity index is 758. The second-order valence-electron chi connectivity index (χ2n) is 5.10. The van der Waals surface area contributed by atoms with Crippen molar-refractivity contribution in [3.05, 3.63) is 47.7 Å². The SMILES string of the molecule is CCCOc1ccc(S(=O)(=O)Nc2cc(C)ccn2)cc1C. The first-order chi connectivity index (χ1) is 10.4. The Morgan fingerprint density at radius 2 is 1.95 bits per heavy atom. The molecule has 2 rings (SSSR count). The Balaban J connectivity index is 2.24. The number of hydrogen-bond donors (Lipinski definition) is 1. The smallest absolute Gasteiger partial charge is 0.263 e. The van der Waals surface area contributed by atoms with Crippen LogP contribution in [0.1, 0.15) is 24.5 Å². The average molecular weight is 320 g/mol. The Hall–Kier alpha value is -2.08. The second-order valence-corrected chi connectivity index (χ2v) is 6.78. The van der Waals surface area contributed by atoms with Crippen LogP contribution in [0.4, 0.5) is 5.82 Å². The van der Waals surface area contributed by atoms with Gasteiger partial charge in [0.15, 0.2) is 0 Å². The van der Waals surface area contributed by atoms with Crippen LogP contribution in [0.15, 0.2) is 41.4 Å². The van der Waals surface area contributed by atoms with Crippen LogP contribution in [0.5, 0.6) is 5.75 Å². The van der Waals surface area contributed by atoms with Crippen LogP contribution in [0.25, 0.3) is 0 Å². The van der Waals surface area contributed by atoms with Gasteiger partial charge in [0.25, 0.3) is 10.0 Å². The third-order valence-corrected chi connectivity index (χ3v) is 4.43. The summed E-state index contributed by atoms with van der Waals surface area (Å²) in [5.74, 6) is 1.01. The van der Waals surface area contributed by atoms with Gasteiger partial charge in [0.1, 0.15) is 11.6 Å². The van der Waals surface area contributed by atoms with Gasteiger partial charge in [0.05, 0.1) is 11.5 Å². The lowest BCUT2D eigenvalue weighted by atomic mass is 10.2. The van der Waals surface area contributed by atoms with Crippen molar-refractivity contribution in [3.8, 4) is 5.75 Å². The lowest BCUT2D eigenvalue weighted by Gasteiger charge is -2.11. The maximum absolute atomic E-state index is 12.4. The number of aromatic nitrogens is 1. The summed E-state index contributed by atoms with van der Waals surface area (Å²) in [5.41, 5.74) is 1.72. The van der Waals surface area contributed by atoms with Crippen LogP contribution in [0.2, 0.25) is 0 Å². The number of pyridine rings is 1. The maximum Gasteiger partial charge on any atom is 0.263 e. The van der Waals surface area contributed by atoms with E-state index in [-0.39, 0.29) is 4.90 Å². The number of hydrogen-bond acceptors (Lipinski definition) is 4. The Kier molecular flexibility index (Phi) is 5.03. The van der Waals surface area contributed by atoms with Crippen LogP contribution in [-0.2, 0) is 10.0 Å². The zero-order valence-electron chi connectivity index (χ0n) is 13.0. The molecule has 0 spiro atoms. The van der Waals surface area contributed by atoms with Crippen molar-refractivity contribution in [1.82, 2.24) is 4.98 Å². The number of nitrogens with zero attached hydrogens (tertiary/aromatic N) is 1. The summed E-state index contributed by atoms with van der Waals surface area (Å²) in [5, 5.41) is 0. The number of anilines is 1. The molecule has 5 nitrogen and oxygen atoms in total. The molecule has 0 amide bonds. The molecule has 1 aromatic carbocycles. The lowest BCUT2D eigenvalue weighted by Crippen LogP contribution is -2.14. The summed E-state index contributed by atoms with van der Waals surface area (Å²) in [6.45, 7) is 6.34. The third-order valence-electron chi connectivity index (χ3n) is 3.07. The first-order valence-electron chi connectivity index (χ1n) is 7.11. The van der Waals surface area contributed by atoms with E-state index in [1.54, 1.807) is 24.4 Å². The fourth-order valence-corrected chi connectivity index (χ4v) is 3.04. The molecule has 1 aromatic heterocycles. The molecule has 0 atom stereocenters. The van der Waals surface area contributed by atoms with Gasteiger partial charge in [-0.3, -0.25) is 4.72 Å². The number of rotatable bonds is 6. The van der Waals surface area contributed by atoms with Gasteiger partial charge in [-0.15, -0.1) is 0 Å². The molecule has 1 heterocycles. The van der Waals surface area contributed by atoms with Gasteiger partial charge in [-0.1, -0.05) is 6.92 Å². The standard InChI is InChI=1S/C16H20N2O3S/c1-4-9-21-15-6-5-14(11-13(15)3)22(19,20)18-16-10-12(2)7-8-17-16/h5-8,10-11H,4,9H2,1-3H3,(H,17,18). The molecule has 0 bridgehead atoms. The molecule has 2 aromatic rings. The van der Waals surface area contributed by atoms with Gasteiger partial charge in [-0.05, 0) is 61.7 Å². The molecular weight excluding hydrogens is 300 g/mol. The van der Waals surface area contributed by atoms with E-state index in [0.29, 0.717) is 18.2 Å². The predicted molar refractivity (Wildman–Crippen MR) is 86.7 cm³/mol. The molecule has 0 fully saturated rings. The first kappa shape index (κ1) is 16.3. The van der Waals surface area contributed by atoms with Gasteiger partial charge < -0.3 is 4.74 Å². The summed E-state index contributed by atoms with van der Waals surface area (Å²) in [6.07, 6.45) is 2.47. The average Bonchev–Trinajstić information content (AvgIpc) is 2.45. The minimum Gasteiger partial charge on any atom is -0.493 e. The summed E-state index contributed by atoms with van der Waals surface area (Å²) < 4.78 is 32.8. The zero-order valence-corrected chi connectivity index (χ0v) is 13.8. The molecule has 0 unspecified atom stereocenters. The fourth-order valence-electron chi connectivity index (χ4n) is 1.95. The van der Waals surface area contributed by atoms with Crippen LogP contribution < -0.4 is 9.46 Å². The highest BCUT2D eigenvalue weighted by atomic mass is 32.2. The Morgan fingerprint density at radius 3 is 2.59 bits per heavy atom. The van der Waals surface area contributed by atoms with E-state index in [4.69, 9.17) is 4.74 Å². The molecule has 6 heteroatoms. The van der Waals surface area contributed by atoms with Crippen molar-refractivity contribution in [2.75, 3.05) is 11.3 Å². The predicted octanol–water partition coefficient (Wildman–Crippen LogP) is 3.29. The largest absolute Gasteiger partial charge is 0.493 e. The number of ether oxygens (including phenoxy) is 1. The second kappa shape index (κ2) is 6.79. The van der Waals surface area contributed by atoms with Crippen molar-refractivity contribution in [2.45, 2.75) is 32.1 Å². The van der Waals surface area contributed by atoms with E-state index in [1.165, 1.54) is 6.07 Å². The molecule has 0 saturated carbocycles. The number of sulfonamides is 1. The first-order valence-corrected chi connectivity index (χ1v) is 8.59. The highest BCUT2D eigenvalue weighted by molar-refractivity contribution is 7.92. The van der Waals surface area contributed by atoms with E-state index in [0.717, 1.165) is 17.5 Å². The fraction of sp³-hybridized carbons (Fsp3) is 0.312.